The second kappa shape index (κ2) is 8.92. The fourth-order valence-electron chi connectivity index (χ4n) is 4.46. The van der Waals surface area contributed by atoms with Gasteiger partial charge in [-0.25, -0.2) is 0 Å². The molecule has 0 aliphatic carbocycles. The molecule has 1 heterocycles. The van der Waals surface area contributed by atoms with Crippen LogP contribution in [0, 0.1) is 6.92 Å². The van der Waals surface area contributed by atoms with Gasteiger partial charge in [0.15, 0.2) is 0 Å². The third kappa shape index (κ3) is 4.04. The molecule has 0 unspecified atom stereocenters. The minimum atomic E-state index is -4.08. The van der Waals surface area contributed by atoms with Crippen molar-refractivity contribution in [1.82, 2.24) is 5.43 Å². The van der Waals surface area contributed by atoms with Crippen LogP contribution in [0.4, 0.5) is 17.1 Å². The summed E-state index contributed by atoms with van der Waals surface area (Å²) < 4.78 is 28.4. The Morgan fingerprint density at radius 2 is 1.29 bits per heavy atom. The molecule has 1 aliphatic rings. The molecule has 4 aromatic rings. The maximum atomic E-state index is 13.9. The van der Waals surface area contributed by atoms with Crippen molar-refractivity contribution in [2.75, 3.05) is 16.4 Å². The van der Waals surface area contributed by atoms with E-state index in [1.165, 1.54) is 0 Å². The molecule has 1 amide bonds. The van der Waals surface area contributed by atoms with Crippen LogP contribution >= 0.6 is 0 Å². The molecule has 6 nitrogen and oxygen atoms in total. The zero-order valence-electron chi connectivity index (χ0n) is 19.4. The molecule has 0 atom stereocenters. The lowest BCUT2D eigenvalue weighted by atomic mass is 9.84. The van der Waals surface area contributed by atoms with Crippen LogP contribution in [0.2, 0.25) is 0 Å². The Labute approximate surface area is 205 Å². The summed E-state index contributed by atoms with van der Waals surface area (Å²) in [6.45, 7) is 1.89. The van der Waals surface area contributed by atoms with Gasteiger partial charge in [-0.05, 0) is 54.4 Å². The first kappa shape index (κ1) is 22.7. The van der Waals surface area contributed by atoms with E-state index in [9.17, 15) is 13.2 Å². The first-order valence-electron chi connectivity index (χ1n) is 11.3. The monoisotopic (exact) mass is 483 g/mol. The first-order chi connectivity index (χ1) is 16.9. The van der Waals surface area contributed by atoms with Gasteiger partial charge in [0.2, 0.25) is 0 Å². The quantitative estimate of drug-likeness (QED) is 0.399. The minimum Gasteiger partial charge on any atom is -0.344 e. The highest BCUT2D eigenvalue weighted by atomic mass is 32.2. The highest BCUT2D eigenvalue weighted by Crippen LogP contribution is 2.44. The molecule has 0 fully saturated rings. The number of carbonyl (C=O) groups is 1. The van der Waals surface area contributed by atoms with Gasteiger partial charge >= 0.3 is 0 Å². The maximum absolute atomic E-state index is 13.9. The van der Waals surface area contributed by atoms with Gasteiger partial charge in [-0.1, -0.05) is 72.3 Å². The van der Waals surface area contributed by atoms with Crippen molar-refractivity contribution in [2.24, 2.45) is 0 Å². The van der Waals surface area contributed by atoms with Crippen molar-refractivity contribution in [3.05, 3.63) is 120 Å². The number of carbonyl (C=O) groups excluding carboxylic acids is 1. The average Bonchev–Trinajstić information content (AvgIpc) is 2.88. The number of amides is 1. The fourth-order valence-corrected chi connectivity index (χ4v) is 5.76. The van der Waals surface area contributed by atoms with Crippen molar-refractivity contribution < 1.29 is 13.2 Å². The Morgan fingerprint density at radius 3 is 1.86 bits per heavy atom. The summed E-state index contributed by atoms with van der Waals surface area (Å²) in [6, 6.07) is 30.5. The number of hydrazine groups is 1. The lowest BCUT2D eigenvalue weighted by Crippen LogP contribution is -2.48. The summed E-state index contributed by atoms with van der Waals surface area (Å²) in [5, 5.41) is 0. The zero-order chi connectivity index (χ0) is 24.6. The summed E-state index contributed by atoms with van der Waals surface area (Å²) in [6.07, 6.45) is 0. The normalized spacial score (nSPS) is 13.0. The Kier molecular flexibility index (Phi) is 5.78. The molecule has 176 valence electrons. The summed E-state index contributed by atoms with van der Waals surface area (Å²) in [5.74, 6) is -1.12. The minimum absolute atomic E-state index is 0.0939. The van der Waals surface area contributed by atoms with Crippen molar-refractivity contribution in [3.63, 3.8) is 0 Å². The van der Waals surface area contributed by atoms with E-state index in [2.05, 4.69) is 5.43 Å². The average molecular weight is 484 g/mol. The summed E-state index contributed by atoms with van der Waals surface area (Å²) in [7, 11) is -2.12. The molecule has 35 heavy (non-hydrogen) atoms. The number of anilines is 3. The molecule has 1 aliphatic heterocycles. The molecule has 0 aromatic heterocycles. The largest absolute Gasteiger partial charge is 0.344 e. The number of hydrogen-bond donors (Lipinski definition) is 1. The molecule has 0 saturated heterocycles. The Morgan fingerprint density at radius 1 is 0.771 bits per heavy atom. The molecular formula is C28H25N3O3S. The standard InChI is InChI=1S/C28H25N3O3S/c1-20-16-18-22(19-17-20)35(33,34)31(21-10-4-3-5-11-21)29-28(32)27-23-12-6-8-14-25(23)30(2)26-15-9-7-13-24(26)27/h3-19,27H,1-2H3,(H,29,32). The summed E-state index contributed by atoms with van der Waals surface area (Å²) >= 11 is 0. The number of para-hydroxylation sites is 3. The molecule has 0 bridgehead atoms. The maximum Gasteiger partial charge on any atom is 0.281 e. The van der Waals surface area contributed by atoms with Crippen LogP contribution in [0.3, 0.4) is 0 Å². The molecule has 0 spiro atoms. The number of rotatable bonds is 5. The lowest BCUT2D eigenvalue weighted by molar-refractivity contribution is -0.121. The van der Waals surface area contributed by atoms with Gasteiger partial charge in [0.25, 0.3) is 15.9 Å². The molecule has 7 heteroatoms. The fraction of sp³-hybridized carbons (Fsp3) is 0.107. The van der Waals surface area contributed by atoms with Crippen LogP contribution < -0.4 is 14.7 Å². The van der Waals surface area contributed by atoms with E-state index >= 15 is 0 Å². The molecule has 1 N–H and O–H groups in total. The van der Waals surface area contributed by atoms with Crippen molar-refractivity contribution in [2.45, 2.75) is 17.7 Å². The highest BCUT2D eigenvalue weighted by molar-refractivity contribution is 7.92. The van der Waals surface area contributed by atoms with E-state index in [0.29, 0.717) is 5.69 Å². The van der Waals surface area contributed by atoms with Gasteiger partial charge in [-0.2, -0.15) is 12.8 Å². The van der Waals surface area contributed by atoms with E-state index in [-0.39, 0.29) is 4.90 Å². The second-order valence-electron chi connectivity index (χ2n) is 8.50. The van der Waals surface area contributed by atoms with E-state index in [1.54, 1.807) is 54.6 Å². The zero-order valence-corrected chi connectivity index (χ0v) is 20.2. The van der Waals surface area contributed by atoms with E-state index in [0.717, 1.165) is 32.5 Å². The van der Waals surface area contributed by atoms with Crippen LogP contribution in [0.25, 0.3) is 0 Å². The number of nitrogens with zero attached hydrogens (tertiary/aromatic N) is 2. The highest BCUT2D eigenvalue weighted by Gasteiger charge is 2.36. The van der Waals surface area contributed by atoms with Gasteiger partial charge in [-0.3, -0.25) is 10.2 Å². The molecule has 0 saturated carbocycles. The van der Waals surface area contributed by atoms with Crippen LogP contribution in [-0.2, 0) is 14.8 Å². The SMILES string of the molecule is Cc1ccc(S(=O)(=O)N(NC(=O)C2c3ccccc3N(C)c3ccccc32)c2ccccc2)cc1. The van der Waals surface area contributed by atoms with Crippen molar-refractivity contribution in [1.29, 1.82) is 0 Å². The van der Waals surface area contributed by atoms with Gasteiger partial charge in [0.1, 0.15) is 0 Å². The van der Waals surface area contributed by atoms with Gasteiger partial charge in [0.05, 0.1) is 16.5 Å². The molecular weight excluding hydrogens is 458 g/mol. The summed E-state index contributed by atoms with van der Waals surface area (Å²) in [4.78, 5) is 16.1. The predicted octanol–water partition coefficient (Wildman–Crippen LogP) is 5.13. The molecule has 0 radical (unpaired) electrons. The van der Waals surface area contributed by atoms with Crippen LogP contribution in [-0.4, -0.2) is 21.4 Å². The van der Waals surface area contributed by atoms with Gasteiger partial charge in [-0.15, -0.1) is 0 Å². The van der Waals surface area contributed by atoms with Crippen LogP contribution in [0.5, 0.6) is 0 Å². The van der Waals surface area contributed by atoms with E-state index < -0.39 is 21.8 Å². The lowest BCUT2D eigenvalue weighted by Gasteiger charge is -2.35. The van der Waals surface area contributed by atoms with Crippen molar-refractivity contribution >= 4 is 33.0 Å². The number of fused-ring (bicyclic) bond motifs is 2. The smallest absolute Gasteiger partial charge is 0.281 e. The Bertz CT molecular complexity index is 1440. The molecule has 5 rings (SSSR count). The third-order valence-electron chi connectivity index (χ3n) is 6.24. The van der Waals surface area contributed by atoms with Gasteiger partial charge in [0, 0.05) is 18.4 Å². The van der Waals surface area contributed by atoms with E-state index in [4.69, 9.17) is 0 Å². The Hall–Kier alpha value is -4.10. The molecule has 4 aromatic carbocycles. The number of benzene rings is 4. The predicted molar refractivity (Wildman–Crippen MR) is 138 cm³/mol. The van der Waals surface area contributed by atoms with Crippen LogP contribution in [0.15, 0.2) is 108 Å². The third-order valence-corrected chi connectivity index (χ3v) is 7.89. The topological polar surface area (TPSA) is 69.7 Å². The summed E-state index contributed by atoms with van der Waals surface area (Å²) in [5.41, 5.74) is 7.46. The van der Waals surface area contributed by atoms with Gasteiger partial charge < -0.3 is 4.90 Å². The Balaban J connectivity index is 1.60. The van der Waals surface area contributed by atoms with Crippen molar-refractivity contribution in [3.8, 4) is 0 Å². The number of sulfonamides is 1. The van der Waals surface area contributed by atoms with Crippen LogP contribution in [0.1, 0.15) is 22.6 Å². The van der Waals surface area contributed by atoms with E-state index in [1.807, 2.05) is 67.4 Å². The first-order valence-corrected chi connectivity index (χ1v) is 12.7. The number of aryl methyl sites for hydroxylation is 1. The number of nitrogens with one attached hydrogen (secondary N) is 1. The number of hydrogen-bond acceptors (Lipinski definition) is 4. The second-order valence-corrected chi connectivity index (χ2v) is 10.3.